The van der Waals surface area contributed by atoms with E-state index in [1.165, 1.54) is 12.0 Å². The second-order valence-corrected chi connectivity index (χ2v) is 6.79. The molecule has 0 atom stereocenters. The van der Waals surface area contributed by atoms with Crippen LogP contribution in [0.3, 0.4) is 0 Å². The number of para-hydroxylation sites is 1. The molecule has 4 rings (SSSR count). The molecule has 4 nitrogen and oxygen atoms in total. The van der Waals surface area contributed by atoms with Gasteiger partial charge < -0.3 is 4.90 Å². The first-order chi connectivity index (χ1) is 13.3. The molecule has 0 fully saturated rings. The van der Waals surface area contributed by atoms with E-state index in [2.05, 4.69) is 9.97 Å². The predicted molar refractivity (Wildman–Crippen MR) is 108 cm³/mol. The monoisotopic (exact) mass is 357 g/mol. The summed E-state index contributed by atoms with van der Waals surface area (Å²) in [4.78, 5) is 24.3. The van der Waals surface area contributed by atoms with Crippen molar-refractivity contribution in [3.8, 4) is 11.3 Å². The summed E-state index contributed by atoms with van der Waals surface area (Å²) in [5.41, 5.74) is 5.74. The van der Waals surface area contributed by atoms with Crippen molar-refractivity contribution in [3.05, 3.63) is 77.7 Å². The van der Waals surface area contributed by atoms with Gasteiger partial charge in [-0.05, 0) is 50.8 Å². The Kier molecular flexibility index (Phi) is 4.97. The number of amides is 1. The van der Waals surface area contributed by atoms with E-state index in [0.717, 1.165) is 41.9 Å². The fourth-order valence-corrected chi connectivity index (χ4v) is 3.83. The maximum atomic E-state index is 13.4. The highest BCUT2D eigenvalue weighted by Crippen LogP contribution is 2.31. The van der Waals surface area contributed by atoms with Crippen LogP contribution in [0.15, 0.2) is 60.9 Å². The molecule has 0 unspecified atom stereocenters. The summed E-state index contributed by atoms with van der Waals surface area (Å²) >= 11 is 0. The van der Waals surface area contributed by atoms with Crippen LogP contribution in [0.2, 0.25) is 0 Å². The second-order valence-electron chi connectivity index (χ2n) is 6.79. The van der Waals surface area contributed by atoms with Gasteiger partial charge in [0.05, 0.1) is 5.69 Å². The van der Waals surface area contributed by atoms with E-state index in [1.807, 2.05) is 66.4 Å². The largest absolute Gasteiger partial charge is 0.309 e. The van der Waals surface area contributed by atoms with Crippen LogP contribution in [0.4, 0.5) is 5.69 Å². The number of carbonyl (C=O) groups is 1. The molecule has 0 aliphatic heterocycles. The van der Waals surface area contributed by atoms with Crippen molar-refractivity contribution in [2.75, 3.05) is 11.4 Å². The Bertz CT molecular complexity index is 953. The van der Waals surface area contributed by atoms with Crippen LogP contribution in [0.5, 0.6) is 0 Å². The molecule has 0 bridgehead atoms. The maximum absolute atomic E-state index is 13.4. The minimum Gasteiger partial charge on any atom is -0.309 e. The lowest BCUT2D eigenvalue weighted by atomic mass is 9.90. The first-order valence-corrected chi connectivity index (χ1v) is 9.58. The molecule has 2 aromatic carbocycles. The molecule has 1 aliphatic rings. The number of rotatable bonds is 4. The molecule has 27 heavy (non-hydrogen) atoms. The summed E-state index contributed by atoms with van der Waals surface area (Å²) in [6.45, 7) is 2.61. The highest BCUT2D eigenvalue weighted by molar-refractivity contribution is 6.10. The SMILES string of the molecule is CCN(C(=O)c1ccccc1-c1ncnc2c1CCCC2)c1ccccc1. The Hall–Kier alpha value is -3.01. The van der Waals surface area contributed by atoms with E-state index in [9.17, 15) is 4.79 Å². The molecule has 1 heterocycles. The van der Waals surface area contributed by atoms with Gasteiger partial charge >= 0.3 is 0 Å². The van der Waals surface area contributed by atoms with E-state index in [0.29, 0.717) is 12.1 Å². The zero-order valence-corrected chi connectivity index (χ0v) is 15.6. The van der Waals surface area contributed by atoms with Gasteiger partial charge in [0.2, 0.25) is 0 Å². The van der Waals surface area contributed by atoms with Gasteiger partial charge in [0.1, 0.15) is 6.33 Å². The zero-order valence-electron chi connectivity index (χ0n) is 15.6. The molecule has 136 valence electrons. The minimum atomic E-state index is 0.00229. The molecular weight excluding hydrogens is 334 g/mol. The third-order valence-corrected chi connectivity index (χ3v) is 5.17. The van der Waals surface area contributed by atoms with Crippen LogP contribution in [-0.4, -0.2) is 22.4 Å². The van der Waals surface area contributed by atoms with Crippen molar-refractivity contribution in [2.24, 2.45) is 0 Å². The van der Waals surface area contributed by atoms with Crippen LogP contribution in [0, 0.1) is 0 Å². The third kappa shape index (κ3) is 3.35. The van der Waals surface area contributed by atoms with E-state index >= 15 is 0 Å². The number of nitrogens with zero attached hydrogens (tertiary/aromatic N) is 3. The first-order valence-electron chi connectivity index (χ1n) is 9.58. The molecule has 0 saturated heterocycles. The molecular formula is C23H23N3O. The number of fused-ring (bicyclic) bond motifs is 1. The van der Waals surface area contributed by atoms with Gasteiger partial charge in [-0.3, -0.25) is 4.79 Å². The van der Waals surface area contributed by atoms with E-state index in [4.69, 9.17) is 0 Å². The molecule has 1 amide bonds. The van der Waals surface area contributed by atoms with Crippen molar-refractivity contribution in [2.45, 2.75) is 32.6 Å². The van der Waals surface area contributed by atoms with Crippen molar-refractivity contribution in [1.82, 2.24) is 9.97 Å². The highest BCUT2D eigenvalue weighted by Gasteiger charge is 2.23. The molecule has 3 aromatic rings. The molecule has 4 heteroatoms. The van der Waals surface area contributed by atoms with Gasteiger partial charge in [-0.15, -0.1) is 0 Å². The standard InChI is InChI=1S/C23H23N3O/c1-2-26(17-10-4-3-5-11-17)23(27)19-13-7-6-12-18(19)22-20-14-8-9-15-21(20)24-16-25-22/h3-7,10-13,16H,2,8-9,14-15H2,1H3. The molecule has 0 saturated carbocycles. The lowest BCUT2D eigenvalue weighted by Crippen LogP contribution is -2.31. The quantitative estimate of drug-likeness (QED) is 0.680. The number of benzene rings is 2. The van der Waals surface area contributed by atoms with Gasteiger partial charge in [-0.25, -0.2) is 9.97 Å². The topological polar surface area (TPSA) is 46.1 Å². The summed E-state index contributed by atoms with van der Waals surface area (Å²) in [5, 5.41) is 0. The Labute approximate surface area is 159 Å². The lowest BCUT2D eigenvalue weighted by Gasteiger charge is -2.23. The molecule has 1 aliphatic carbocycles. The second kappa shape index (κ2) is 7.70. The summed E-state index contributed by atoms with van der Waals surface area (Å²) in [6.07, 6.45) is 5.92. The average Bonchev–Trinajstić information content (AvgIpc) is 2.74. The summed E-state index contributed by atoms with van der Waals surface area (Å²) in [5.74, 6) is 0.00229. The van der Waals surface area contributed by atoms with Gasteiger partial charge in [-0.1, -0.05) is 36.4 Å². The van der Waals surface area contributed by atoms with Gasteiger partial charge in [-0.2, -0.15) is 0 Å². The summed E-state index contributed by atoms with van der Waals surface area (Å²) < 4.78 is 0. The average molecular weight is 357 g/mol. The molecule has 0 N–H and O–H groups in total. The Morgan fingerprint density at radius 3 is 2.52 bits per heavy atom. The highest BCUT2D eigenvalue weighted by atomic mass is 16.2. The van der Waals surface area contributed by atoms with Gasteiger partial charge in [0.15, 0.2) is 0 Å². The Balaban J connectivity index is 1.79. The van der Waals surface area contributed by atoms with E-state index in [-0.39, 0.29) is 5.91 Å². The Morgan fingerprint density at radius 2 is 1.70 bits per heavy atom. The molecule has 0 spiro atoms. The van der Waals surface area contributed by atoms with Crippen LogP contribution in [0.1, 0.15) is 41.4 Å². The van der Waals surface area contributed by atoms with Crippen molar-refractivity contribution in [1.29, 1.82) is 0 Å². The lowest BCUT2D eigenvalue weighted by molar-refractivity contribution is 0.0989. The first kappa shape index (κ1) is 17.4. The third-order valence-electron chi connectivity index (χ3n) is 5.17. The smallest absolute Gasteiger partial charge is 0.258 e. The summed E-state index contributed by atoms with van der Waals surface area (Å²) in [7, 11) is 0. The van der Waals surface area contributed by atoms with Crippen LogP contribution in [0.25, 0.3) is 11.3 Å². The molecule has 0 radical (unpaired) electrons. The number of anilines is 1. The predicted octanol–water partition coefficient (Wildman–Crippen LogP) is 4.69. The fraction of sp³-hybridized carbons (Fsp3) is 0.261. The van der Waals surface area contributed by atoms with Gasteiger partial charge in [0.25, 0.3) is 5.91 Å². The molecule has 1 aromatic heterocycles. The van der Waals surface area contributed by atoms with Crippen LogP contribution < -0.4 is 4.90 Å². The number of carbonyl (C=O) groups excluding carboxylic acids is 1. The van der Waals surface area contributed by atoms with Gasteiger partial charge in [0, 0.05) is 34.6 Å². The van der Waals surface area contributed by atoms with E-state index < -0.39 is 0 Å². The van der Waals surface area contributed by atoms with Crippen molar-refractivity contribution in [3.63, 3.8) is 0 Å². The maximum Gasteiger partial charge on any atom is 0.258 e. The van der Waals surface area contributed by atoms with Crippen molar-refractivity contribution >= 4 is 11.6 Å². The fourth-order valence-electron chi connectivity index (χ4n) is 3.83. The summed E-state index contributed by atoms with van der Waals surface area (Å²) in [6, 6.07) is 17.6. The van der Waals surface area contributed by atoms with Crippen molar-refractivity contribution < 1.29 is 4.79 Å². The zero-order chi connectivity index (χ0) is 18.6. The van der Waals surface area contributed by atoms with E-state index in [1.54, 1.807) is 6.33 Å². The van der Waals surface area contributed by atoms with Crippen LogP contribution >= 0.6 is 0 Å². The number of hydrogen-bond donors (Lipinski definition) is 0. The number of aromatic nitrogens is 2. The number of hydrogen-bond acceptors (Lipinski definition) is 3. The number of aryl methyl sites for hydroxylation is 1. The Morgan fingerprint density at radius 1 is 0.963 bits per heavy atom. The van der Waals surface area contributed by atoms with Crippen LogP contribution in [-0.2, 0) is 12.8 Å². The minimum absolute atomic E-state index is 0.00229. The normalized spacial score (nSPS) is 13.1.